The number of hydrogen-bond donors (Lipinski definition) is 5. The number of piperazine rings is 1. The summed E-state index contributed by atoms with van der Waals surface area (Å²) in [4.78, 5) is 21.4. The molecule has 1 amide bonds. The van der Waals surface area contributed by atoms with Crippen molar-refractivity contribution in [3.05, 3.63) is 70.4 Å². The molecule has 2 aliphatic heterocycles. The Bertz CT molecular complexity index is 1170. The van der Waals surface area contributed by atoms with Gasteiger partial charge in [0.1, 0.15) is 11.6 Å². The molecule has 3 heterocycles. The normalized spacial score (nSPS) is 18.2. The lowest BCUT2D eigenvalue weighted by Crippen LogP contribution is -2.45. The highest BCUT2D eigenvalue weighted by atomic mass is 35.5. The summed E-state index contributed by atoms with van der Waals surface area (Å²) in [7, 11) is 2.10. The Morgan fingerprint density at radius 3 is 2.65 bits per heavy atom. The Balaban J connectivity index is 1.46. The van der Waals surface area contributed by atoms with Crippen molar-refractivity contribution in [3.8, 4) is 0 Å². The molecule has 0 radical (unpaired) electrons. The maximum atomic E-state index is 14.4. The zero-order valence-corrected chi connectivity index (χ0v) is 21.7. The second kappa shape index (κ2) is 12.4. The van der Waals surface area contributed by atoms with E-state index in [0.29, 0.717) is 40.9 Å². The van der Waals surface area contributed by atoms with E-state index in [1.54, 1.807) is 24.4 Å². The standard InChI is InChI=1S/C26H34ClFN8O/c1-35-8-10-36(11-9-35)7-5-25(37)34-24-13-19(4-6-32-24)33-23(26(30)17-15-31-16-17)14-22(29)20-12-18(27)2-3-21(20)28/h2-4,6,12-14,17,31H,5,7-11,15-16,29-30H2,1H3,(H2,32,33,34,37)/b22-14-,26-23+. The van der Waals surface area contributed by atoms with Gasteiger partial charge in [0.05, 0.1) is 5.70 Å². The van der Waals surface area contributed by atoms with Crippen molar-refractivity contribution in [2.75, 3.05) is 63.5 Å². The predicted octanol–water partition coefficient (Wildman–Crippen LogP) is 2.25. The summed E-state index contributed by atoms with van der Waals surface area (Å²) in [5.41, 5.74) is 14.9. The molecule has 198 valence electrons. The second-order valence-electron chi connectivity index (χ2n) is 9.45. The monoisotopic (exact) mass is 528 g/mol. The van der Waals surface area contributed by atoms with Gasteiger partial charge in [-0.15, -0.1) is 0 Å². The number of pyridine rings is 1. The Morgan fingerprint density at radius 1 is 1.19 bits per heavy atom. The number of aromatic nitrogens is 1. The first-order valence-electron chi connectivity index (χ1n) is 12.4. The zero-order valence-electron chi connectivity index (χ0n) is 20.9. The van der Waals surface area contributed by atoms with Crippen LogP contribution >= 0.6 is 11.6 Å². The summed E-state index contributed by atoms with van der Waals surface area (Å²) in [5.74, 6) is -0.0346. The van der Waals surface area contributed by atoms with E-state index in [0.717, 1.165) is 39.3 Å². The predicted molar refractivity (Wildman–Crippen MR) is 146 cm³/mol. The Hall–Kier alpha value is -3.18. The lowest BCUT2D eigenvalue weighted by molar-refractivity contribution is -0.116. The average molecular weight is 529 g/mol. The Labute approximate surface area is 221 Å². The van der Waals surface area contributed by atoms with Gasteiger partial charge < -0.3 is 37.2 Å². The van der Waals surface area contributed by atoms with Gasteiger partial charge in [0, 0.05) is 98.1 Å². The molecular formula is C26H34ClFN8O. The number of anilines is 2. The molecule has 0 atom stereocenters. The van der Waals surface area contributed by atoms with Gasteiger partial charge in [-0.1, -0.05) is 11.6 Å². The van der Waals surface area contributed by atoms with Gasteiger partial charge in [-0.25, -0.2) is 9.37 Å². The molecule has 2 saturated heterocycles. The molecule has 11 heteroatoms. The highest BCUT2D eigenvalue weighted by Gasteiger charge is 2.22. The van der Waals surface area contributed by atoms with Crippen molar-refractivity contribution >= 4 is 34.7 Å². The van der Waals surface area contributed by atoms with Crippen molar-refractivity contribution in [1.82, 2.24) is 20.1 Å². The van der Waals surface area contributed by atoms with Crippen LogP contribution in [0, 0.1) is 11.7 Å². The van der Waals surface area contributed by atoms with Crippen molar-refractivity contribution in [2.24, 2.45) is 17.4 Å². The summed E-state index contributed by atoms with van der Waals surface area (Å²) < 4.78 is 14.4. The molecule has 2 aliphatic rings. The summed E-state index contributed by atoms with van der Waals surface area (Å²) in [6, 6.07) is 7.70. The highest BCUT2D eigenvalue weighted by molar-refractivity contribution is 6.30. The molecule has 9 nitrogen and oxygen atoms in total. The van der Waals surface area contributed by atoms with Crippen LogP contribution in [0.2, 0.25) is 5.02 Å². The fourth-order valence-corrected chi connectivity index (χ4v) is 4.31. The second-order valence-corrected chi connectivity index (χ2v) is 9.88. The molecule has 1 aromatic heterocycles. The van der Waals surface area contributed by atoms with Crippen LogP contribution in [0.3, 0.4) is 0 Å². The minimum atomic E-state index is -0.480. The van der Waals surface area contributed by atoms with Crippen molar-refractivity contribution in [1.29, 1.82) is 0 Å². The maximum absolute atomic E-state index is 14.4. The molecular weight excluding hydrogens is 495 g/mol. The van der Waals surface area contributed by atoms with Gasteiger partial charge in [0.2, 0.25) is 5.91 Å². The number of rotatable bonds is 9. The number of nitrogens with zero attached hydrogens (tertiary/aromatic N) is 3. The minimum absolute atomic E-state index is 0.0972. The summed E-state index contributed by atoms with van der Waals surface area (Å²) in [6.07, 6.45) is 3.60. The van der Waals surface area contributed by atoms with Crippen LogP contribution in [0.25, 0.3) is 5.70 Å². The molecule has 0 saturated carbocycles. The molecule has 0 unspecified atom stereocenters. The largest absolute Gasteiger partial charge is 0.400 e. The van der Waals surface area contributed by atoms with Gasteiger partial charge in [0.25, 0.3) is 0 Å². The van der Waals surface area contributed by atoms with Crippen LogP contribution < -0.4 is 27.4 Å². The lowest BCUT2D eigenvalue weighted by Gasteiger charge is -2.32. The van der Waals surface area contributed by atoms with Crippen molar-refractivity contribution in [2.45, 2.75) is 6.42 Å². The van der Waals surface area contributed by atoms with Crippen LogP contribution in [0.15, 0.2) is 54.0 Å². The van der Waals surface area contributed by atoms with Gasteiger partial charge in [-0.2, -0.15) is 0 Å². The fraction of sp³-hybridized carbons (Fsp3) is 0.385. The van der Waals surface area contributed by atoms with Gasteiger partial charge in [-0.3, -0.25) is 4.79 Å². The number of likely N-dealkylation sites (N-methyl/N-ethyl adjacent to an activating group) is 1. The molecule has 1 aromatic carbocycles. The summed E-state index contributed by atoms with van der Waals surface area (Å²) in [5, 5.41) is 9.72. The number of nitrogens with one attached hydrogen (secondary N) is 3. The first-order chi connectivity index (χ1) is 17.8. The number of halogens is 2. The maximum Gasteiger partial charge on any atom is 0.226 e. The molecule has 37 heavy (non-hydrogen) atoms. The number of carbonyl (C=O) groups is 1. The number of benzene rings is 1. The van der Waals surface area contributed by atoms with E-state index in [-0.39, 0.29) is 23.1 Å². The van der Waals surface area contributed by atoms with E-state index < -0.39 is 5.82 Å². The molecule has 4 rings (SSSR count). The van der Waals surface area contributed by atoms with Crippen LogP contribution in [-0.2, 0) is 4.79 Å². The van der Waals surface area contributed by atoms with Crippen LogP contribution in [0.4, 0.5) is 15.9 Å². The van der Waals surface area contributed by atoms with Gasteiger partial charge in [-0.05, 0) is 37.4 Å². The van der Waals surface area contributed by atoms with E-state index in [9.17, 15) is 9.18 Å². The molecule has 0 aliphatic carbocycles. The van der Waals surface area contributed by atoms with Crippen LogP contribution in [0.1, 0.15) is 12.0 Å². The van der Waals surface area contributed by atoms with Crippen LogP contribution in [-0.4, -0.2) is 73.6 Å². The number of allylic oxidation sites excluding steroid dienone is 1. The lowest BCUT2D eigenvalue weighted by atomic mass is 9.97. The molecule has 0 spiro atoms. The number of amides is 1. The van der Waals surface area contributed by atoms with E-state index in [1.807, 2.05) is 0 Å². The van der Waals surface area contributed by atoms with E-state index in [2.05, 4.69) is 37.8 Å². The first-order valence-corrected chi connectivity index (χ1v) is 12.7. The van der Waals surface area contributed by atoms with E-state index in [1.165, 1.54) is 18.2 Å². The number of nitrogens with two attached hydrogens (primary N) is 2. The molecule has 2 fully saturated rings. The number of carbonyl (C=O) groups excluding carboxylic acids is 1. The quantitative estimate of drug-likeness (QED) is 0.314. The third-order valence-electron chi connectivity index (χ3n) is 6.63. The average Bonchev–Trinajstić information content (AvgIpc) is 2.84. The summed E-state index contributed by atoms with van der Waals surface area (Å²) >= 11 is 6.05. The molecule has 0 bridgehead atoms. The molecule has 7 N–H and O–H groups in total. The zero-order chi connectivity index (χ0) is 26.4. The Morgan fingerprint density at radius 2 is 1.95 bits per heavy atom. The van der Waals surface area contributed by atoms with Crippen LogP contribution in [0.5, 0.6) is 0 Å². The minimum Gasteiger partial charge on any atom is -0.400 e. The van der Waals surface area contributed by atoms with Gasteiger partial charge in [0.15, 0.2) is 0 Å². The van der Waals surface area contributed by atoms with E-state index >= 15 is 0 Å². The van der Waals surface area contributed by atoms with E-state index in [4.69, 9.17) is 23.1 Å². The third kappa shape index (κ3) is 7.42. The van der Waals surface area contributed by atoms with Crippen molar-refractivity contribution in [3.63, 3.8) is 0 Å². The number of hydrogen-bond acceptors (Lipinski definition) is 8. The molecule has 2 aromatic rings. The first kappa shape index (κ1) is 26.9. The summed E-state index contributed by atoms with van der Waals surface area (Å²) in [6.45, 7) is 6.13. The van der Waals surface area contributed by atoms with Crippen molar-refractivity contribution < 1.29 is 9.18 Å². The van der Waals surface area contributed by atoms with Gasteiger partial charge >= 0.3 is 0 Å². The fourth-order valence-electron chi connectivity index (χ4n) is 4.14. The SMILES string of the molecule is CN1CCN(CCC(=O)Nc2cc(NC(/C=C(\N)c3cc(Cl)ccc3F)=C(/N)C3CNC3)ccn2)CC1. The smallest absolute Gasteiger partial charge is 0.226 e. The third-order valence-corrected chi connectivity index (χ3v) is 6.86. The Kier molecular flexibility index (Phi) is 8.99. The highest BCUT2D eigenvalue weighted by Crippen LogP contribution is 2.24. The topological polar surface area (TPSA) is 125 Å².